The molecule has 1 aliphatic heterocycles. The normalized spacial score (nSPS) is 16.0. The van der Waals surface area contributed by atoms with E-state index in [1.54, 1.807) is 0 Å². The van der Waals surface area contributed by atoms with Crippen LogP contribution in [0.15, 0.2) is 6.20 Å². The molecule has 0 spiro atoms. The van der Waals surface area contributed by atoms with Crippen molar-refractivity contribution in [1.82, 2.24) is 14.9 Å². The molecular formula is C14H23FN4O2. The van der Waals surface area contributed by atoms with Gasteiger partial charge in [-0.1, -0.05) is 0 Å². The van der Waals surface area contributed by atoms with Gasteiger partial charge in [-0.3, -0.25) is 4.90 Å². The van der Waals surface area contributed by atoms with Crippen LogP contribution in [0.3, 0.4) is 0 Å². The van der Waals surface area contributed by atoms with Gasteiger partial charge in [0, 0.05) is 26.7 Å². The van der Waals surface area contributed by atoms with Gasteiger partial charge in [0.1, 0.15) is 0 Å². The van der Waals surface area contributed by atoms with Gasteiger partial charge in [-0.25, -0.2) is 4.98 Å². The van der Waals surface area contributed by atoms with E-state index in [2.05, 4.69) is 14.9 Å². The topological polar surface area (TPSA) is 50.7 Å². The number of hydrogen-bond acceptors (Lipinski definition) is 6. The summed E-state index contributed by atoms with van der Waals surface area (Å²) in [6.45, 7) is 5.64. The molecule has 7 heteroatoms. The molecule has 0 N–H and O–H groups in total. The van der Waals surface area contributed by atoms with Gasteiger partial charge in [-0.15, -0.1) is 0 Å². The Kier molecular flexibility index (Phi) is 6.13. The Balaban J connectivity index is 1.72. The Hall–Kier alpha value is -1.47. The average molecular weight is 298 g/mol. The van der Waals surface area contributed by atoms with Crippen molar-refractivity contribution in [3.8, 4) is 5.88 Å². The number of hydrogen-bond donors (Lipinski definition) is 0. The molecule has 6 nitrogen and oxygen atoms in total. The Bertz CT molecular complexity index is 441. The molecule has 1 aliphatic rings. The van der Waals surface area contributed by atoms with E-state index >= 15 is 0 Å². The quantitative estimate of drug-likeness (QED) is 0.704. The van der Waals surface area contributed by atoms with Crippen molar-refractivity contribution in [3.05, 3.63) is 12.0 Å². The predicted molar refractivity (Wildman–Crippen MR) is 78.3 cm³/mol. The van der Waals surface area contributed by atoms with Gasteiger partial charge in [-0.2, -0.15) is 9.37 Å². The molecular weight excluding hydrogens is 275 g/mol. The van der Waals surface area contributed by atoms with Crippen LogP contribution >= 0.6 is 0 Å². The lowest BCUT2D eigenvalue weighted by atomic mass is 10.2. The summed E-state index contributed by atoms with van der Waals surface area (Å²) in [5.41, 5.74) is 0. The zero-order valence-corrected chi connectivity index (χ0v) is 12.7. The first-order valence-corrected chi connectivity index (χ1v) is 7.28. The molecule has 1 aromatic rings. The average Bonchev–Trinajstić information content (AvgIpc) is 2.53. The number of morpholine rings is 1. The number of aromatic nitrogens is 2. The molecule has 0 unspecified atom stereocenters. The Morgan fingerprint density at radius 2 is 2.14 bits per heavy atom. The Morgan fingerprint density at radius 1 is 1.38 bits per heavy atom. The number of nitrogens with zero attached hydrogens (tertiary/aromatic N) is 4. The van der Waals surface area contributed by atoms with Crippen molar-refractivity contribution < 1.29 is 13.9 Å². The van der Waals surface area contributed by atoms with Crippen LogP contribution in [-0.4, -0.2) is 68.4 Å². The fourth-order valence-corrected chi connectivity index (χ4v) is 2.28. The lowest BCUT2D eigenvalue weighted by molar-refractivity contribution is 0.0372. The van der Waals surface area contributed by atoms with Crippen molar-refractivity contribution >= 4 is 5.95 Å². The highest BCUT2D eigenvalue weighted by Gasteiger charge is 2.12. The summed E-state index contributed by atoms with van der Waals surface area (Å²) in [5.74, 6) is -0.0678. The van der Waals surface area contributed by atoms with Gasteiger partial charge in [0.05, 0.1) is 26.5 Å². The summed E-state index contributed by atoms with van der Waals surface area (Å²) < 4.78 is 23.5. The second-order valence-electron chi connectivity index (χ2n) is 5.11. The number of unbranched alkanes of at least 4 members (excludes halogenated alkanes) is 1. The molecule has 1 fully saturated rings. The van der Waals surface area contributed by atoms with Crippen molar-refractivity contribution in [3.63, 3.8) is 0 Å². The molecule has 1 aromatic heterocycles. The maximum atomic E-state index is 13.3. The van der Waals surface area contributed by atoms with Crippen LogP contribution in [0.1, 0.15) is 12.8 Å². The molecule has 0 aliphatic carbocycles. The molecule has 1 saturated heterocycles. The van der Waals surface area contributed by atoms with Crippen molar-refractivity contribution in [2.24, 2.45) is 0 Å². The number of halogens is 1. The standard InChI is InChI=1S/C14H23FN4O2/c1-18(14-16-11-12(15)13(17-14)20-2)5-3-4-6-19-7-9-21-10-8-19/h11H,3-10H2,1-2H3. The van der Waals surface area contributed by atoms with Crippen LogP contribution in [0.2, 0.25) is 0 Å². The van der Waals surface area contributed by atoms with Gasteiger partial charge in [0.25, 0.3) is 5.88 Å². The zero-order valence-electron chi connectivity index (χ0n) is 12.7. The highest BCUT2D eigenvalue weighted by molar-refractivity contribution is 5.31. The third-order valence-corrected chi connectivity index (χ3v) is 3.56. The van der Waals surface area contributed by atoms with Crippen LogP contribution in [-0.2, 0) is 4.74 Å². The van der Waals surface area contributed by atoms with Crippen LogP contribution in [0, 0.1) is 5.82 Å². The first-order chi connectivity index (χ1) is 10.2. The molecule has 0 saturated carbocycles. The molecule has 2 heterocycles. The van der Waals surface area contributed by atoms with Crippen molar-refractivity contribution in [2.75, 3.05) is 58.5 Å². The van der Waals surface area contributed by atoms with E-state index < -0.39 is 5.82 Å². The molecule has 2 rings (SSSR count). The number of rotatable bonds is 7. The zero-order chi connectivity index (χ0) is 15.1. The van der Waals surface area contributed by atoms with Crippen LogP contribution < -0.4 is 9.64 Å². The van der Waals surface area contributed by atoms with Gasteiger partial charge in [-0.05, 0) is 19.4 Å². The summed E-state index contributed by atoms with van der Waals surface area (Å²) in [5, 5.41) is 0. The van der Waals surface area contributed by atoms with Gasteiger partial charge in [0.15, 0.2) is 0 Å². The first kappa shape index (κ1) is 15.9. The lowest BCUT2D eigenvalue weighted by Crippen LogP contribution is -2.37. The third kappa shape index (κ3) is 4.78. The fraction of sp³-hybridized carbons (Fsp3) is 0.714. The van der Waals surface area contributed by atoms with Crippen LogP contribution in [0.4, 0.5) is 10.3 Å². The van der Waals surface area contributed by atoms with Gasteiger partial charge in [0.2, 0.25) is 11.8 Å². The summed E-state index contributed by atoms with van der Waals surface area (Å²) in [7, 11) is 3.30. The van der Waals surface area contributed by atoms with Gasteiger partial charge < -0.3 is 14.4 Å². The predicted octanol–water partition coefficient (Wildman–Crippen LogP) is 1.17. The lowest BCUT2D eigenvalue weighted by Gasteiger charge is -2.26. The minimum atomic E-state index is -0.540. The van der Waals surface area contributed by atoms with Crippen molar-refractivity contribution in [1.29, 1.82) is 0 Å². The Labute approximate surface area is 124 Å². The summed E-state index contributed by atoms with van der Waals surface area (Å²) in [4.78, 5) is 12.4. The maximum Gasteiger partial charge on any atom is 0.255 e. The monoisotopic (exact) mass is 298 g/mol. The first-order valence-electron chi connectivity index (χ1n) is 7.28. The molecule has 118 valence electrons. The molecule has 0 amide bonds. The SMILES string of the molecule is COc1nc(N(C)CCCCN2CCOCC2)ncc1F. The second-order valence-corrected chi connectivity index (χ2v) is 5.11. The molecule has 0 bridgehead atoms. The Morgan fingerprint density at radius 3 is 2.86 bits per heavy atom. The largest absolute Gasteiger partial charge is 0.479 e. The maximum absolute atomic E-state index is 13.3. The van der Waals surface area contributed by atoms with Crippen LogP contribution in [0.25, 0.3) is 0 Å². The van der Waals surface area contributed by atoms with E-state index in [-0.39, 0.29) is 5.88 Å². The van der Waals surface area contributed by atoms with E-state index in [4.69, 9.17) is 9.47 Å². The molecule has 21 heavy (non-hydrogen) atoms. The minimum Gasteiger partial charge on any atom is -0.479 e. The fourth-order valence-electron chi connectivity index (χ4n) is 2.28. The van der Waals surface area contributed by atoms with Crippen LogP contribution in [0.5, 0.6) is 5.88 Å². The second kappa shape index (κ2) is 8.09. The molecule has 0 radical (unpaired) electrons. The van der Waals surface area contributed by atoms with E-state index in [0.29, 0.717) is 5.95 Å². The molecule has 0 aromatic carbocycles. The highest BCUT2D eigenvalue weighted by atomic mass is 19.1. The highest BCUT2D eigenvalue weighted by Crippen LogP contribution is 2.16. The third-order valence-electron chi connectivity index (χ3n) is 3.56. The van der Waals surface area contributed by atoms with E-state index in [1.807, 2.05) is 11.9 Å². The number of ether oxygens (including phenoxy) is 2. The summed E-state index contributed by atoms with van der Waals surface area (Å²) in [6, 6.07) is 0. The van der Waals surface area contributed by atoms with Gasteiger partial charge >= 0.3 is 0 Å². The summed E-state index contributed by atoms with van der Waals surface area (Å²) >= 11 is 0. The van der Waals surface area contributed by atoms with E-state index in [9.17, 15) is 4.39 Å². The number of anilines is 1. The minimum absolute atomic E-state index is 0.0137. The smallest absolute Gasteiger partial charge is 0.255 e. The summed E-state index contributed by atoms with van der Waals surface area (Å²) in [6.07, 6.45) is 3.30. The molecule has 0 atom stereocenters. The number of methoxy groups -OCH3 is 1. The van der Waals surface area contributed by atoms with E-state index in [0.717, 1.165) is 58.4 Å². The van der Waals surface area contributed by atoms with E-state index in [1.165, 1.54) is 7.11 Å². The van der Waals surface area contributed by atoms with Crippen molar-refractivity contribution in [2.45, 2.75) is 12.8 Å².